The smallest absolute Gasteiger partial charge is 0.408 e. The number of rotatable bonds is 7. The van der Waals surface area contributed by atoms with Crippen LogP contribution in [0.2, 0.25) is 0 Å². The summed E-state index contributed by atoms with van der Waals surface area (Å²) in [7, 11) is 0. The van der Waals surface area contributed by atoms with E-state index >= 15 is 0 Å². The lowest BCUT2D eigenvalue weighted by atomic mass is 10.1. The van der Waals surface area contributed by atoms with Crippen LogP contribution in [-0.2, 0) is 22.6 Å². The van der Waals surface area contributed by atoms with Gasteiger partial charge in [-0.2, -0.15) is 0 Å². The Morgan fingerprint density at radius 3 is 2.20 bits per heavy atom. The molecule has 0 aromatic heterocycles. The van der Waals surface area contributed by atoms with E-state index in [4.69, 9.17) is 11.2 Å². The van der Waals surface area contributed by atoms with Gasteiger partial charge in [-0.25, -0.2) is 4.79 Å². The Hall–Kier alpha value is -3.26. The van der Waals surface area contributed by atoms with E-state index in [1.807, 2.05) is 60.7 Å². The normalized spacial score (nSPS) is 11.0. The van der Waals surface area contributed by atoms with Crippen molar-refractivity contribution in [2.75, 3.05) is 6.54 Å². The molecule has 0 aliphatic heterocycles. The van der Waals surface area contributed by atoms with Gasteiger partial charge in [0, 0.05) is 6.42 Å². The van der Waals surface area contributed by atoms with Crippen molar-refractivity contribution in [1.29, 1.82) is 0 Å². The molecule has 25 heavy (non-hydrogen) atoms. The number of hydrogen-bond donors (Lipinski definition) is 2. The van der Waals surface area contributed by atoms with Gasteiger partial charge in [0.15, 0.2) is 0 Å². The standard InChI is InChI=1S/C20H20N2O3/c1-2-13-21-19(23)18(14-16-9-5-3-6-10-16)22-20(24)25-15-17-11-7-4-8-12-17/h1,3-12,18H,13-15H2,(H,21,23)(H,22,24). The van der Waals surface area contributed by atoms with Crippen LogP contribution in [0.4, 0.5) is 4.79 Å². The highest BCUT2D eigenvalue weighted by atomic mass is 16.5. The molecule has 5 nitrogen and oxygen atoms in total. The highest BCUT2D eigenvalue weighted by Gasteiger charge is 2.21. The van der Waals surface area contributed by atoms with Gasteiger partial charge in [-0.15, -0.1) is 6.42 Å². The quantitative estimate of drug-likeness (QED) is 0.762. The van der Waals surface area contributed by atoms with Gasteiger partial charge in [0.2, 0.25) is 5.91 Å². The largest absolute Gasteiger partial charge is 0.445 e. The lowest BCUT2D eigenvalue weighted by Crippen LogP contribution is -2.48. The second kappa shape index (κ2) is 9.78. The Labute approximate surface area is 147 Å². The maximum atomic E-state index is 12.2. The Morgan fingerprint density at radius 2 is 1.60 bits per heavy atom. The molecule has 0 radical (unpaired) electrons. The molecule has 128 valence electrons. The molecule has 2 aromatic rings. The molecule has 2 aromatic carbocycles. The van der Waals surface area contributed by atoms with Gasteiger partial charge in [0.1, 0.15) is 12.6 Å². The van der Waals surface area contributed by atoms with Crippen molar-refractivity contribution in [3.8, 4) is 12.3 Å². The SMILES string of the molecule is C#CCNC(=O)C(Cc1ccccc1)NC(=O)OCc1ccccc1. The minimum absolute atomic E-state index is 0.102. The summed E-state index contributed by atoms with van der Waals surface area (Å²) in [5.74, 6) is 1.99. The summed E-state index contributed by atoms with van der Waals surface area (Å²) in [6, 6.07) is 18.0. The minimum Gasteiger partial charge on any atom is -0.445 e. The maximum Gasteiger partial charge on any atom is 0.408 e. The van der Waals surface area contributed by atoms with E-state index in [1.54, 1.807) is 0 Å². The van der Waals surface area contributed by atoms with E-state index < -0.39 is 12.1 Å². The van der Waals surface area contributed by atoms with Crippen LogP contribution in [0.5, 0.6) is 0 Å². The van der Waals surface area contributed by atoms with E-state index in [0.717, 1.165) is 11.1 Å². The zero-order valence-corrected chi connectivity index (χ0v) is 13.8. The number of ether oxygens (including phenoxy) is 1. The summed E-state index contributed by atoms with van der Waals surface area (Å²) >= 11 is 0. The average Bonchev–Trinajstić information content (AvgIpc) is 2.65. The maximum absolute atomic E-state index is 12.2. The fourth-order valence-corrected chi connectivity index (χ4v) is 2.23. The fourth-order valence-electron chi connectivity index (χ4n) is 2.23. The van der Waals surface area contributed by atoms with Gasteiger partial charge in [-0.3, -0.25) is 4.79 Å². The van der Waals surface area contributed by atoms with Gasteiger partial charge in [-0.1, -0.05) is 66.6 Å². The van der Waals surface area contributed by atoms with E-state index in [-0.39, 0.29) is 19.1 Å². The third kappa shape index (κ3) is 6.40. The number of hydrogen-bond acceptors (Lipinski definition) is 3. The predicted octanol–water partition coefficient (Wildman–Crippen LogP) is 2.27. The summed E-state index contributed by atoms with van der Waals surface area (Å²) in [5, 5.41) is 5.19. The monoisotopic (exact) mass is 336 g/mol. The Morgan fingerprint density at radius 1 is 1.00 bits per heavy atom. The van der Waals surface area contributed by atoms with E-state index in [2.05, 4.69) is 16.6 Å². The van der Waals surface area contributed by atoms with Crippen LogP contribution in [0, 0.1) is 12.3 Å². The van der Waals surface area contributed by atoms with E-state index in [9.17, 15) is 9.59 Å². The number of alkyl carbamates (subject to hydrolysis) is 1. The molecule has 0 spiro atoms. The van der Waals surface area contributed by atoms with Crippen molar-refractivity contribution in [3.63, 3.8) is 0 Å². The van der Waals surface area contributed by atoms with Crippen LogP contribution in [0.15, 0.2) is 60.7 Å². The molecule has 2 N–H and O–H groups in total. The van der Waals surface area contributed by atoms with Gasteiger partial charge < -0.3 is 15.4 Å². The number of terminal acetylenes is 1. The first-order valence-electron chi connectivity index (χ1n) is 7.91. The van der Waals surface area contributed by atoms with Crippen LogP contribution in [0.3, 0.4) is 0 Å². The van der Waals surface area contributed by atoms with Crippen LogP contribution < -0.4 is 10.6 Å². The molecule has 0 heterocycles. The molecule has 0 saturated heterocycles. The van der Waals surface area contributed by atoms with Crippen LogP contribution >= 0.6 is 0 Å². The highest BCUT2D eigenvalue weighted by molar-refractivity contribution is 5.86. The van der Waals surface area contributed by atoms with Crippen molar-refractivity contribution in [3.05, 3.63) is 71.8 Å². The third-order valence-corrected chi connectivity index (χ3v) is 3.47. The van der Waals surface area contributed by atoms with Gasteiger partial charge >= 0.3 is 6.09 Å². The first kappa shape index (κ1) is 18.1. The molecular weight excluding hydrogens is 316 g/mol. The van der Waals surface area contributed by atoms with Gasteiger partial charge in [-0.05, 0) is 11.1 Å². The fraction of sp³-hybridized carbons (Fsp3) is 0.200. The lowest BCUT2D eigenvalue weighted by Gasteiger charge is -2.18. The van der Waals surface area contributed by atoms with Crippen molar-refractivity contribution < 1.29 is 14.3 Å². The molecule has 0 aliphatic carbocycles. The molecule has 0 fully saturated rings. The summed E-state index contributed by atoms with van der Waals surface area (Å²) in [6.07, 6.45) is 4.86. The molecule has 1 atom stereocenters. The van der Waals surface area contributed by atoms with Crippen LogP contribution in [-0.4, -0.2) is 24.6 Å². The zero-order chi connectivity index (χ0) is 17.9. The molecule has 0 aliphatic rings. The van der Waals surface area contributed by atoms with Crippen molar-refractivity contribution in [2.24, 2.45) is 0 Å². The molecule has 0 saturated carbocycles. The third-order valence-electron chi connectivity index (χ3n) is 3.47. The first-order chi connectivity index (χ1) is 12.2. The number of amides is 2. The van der Waals surface area contributed by atoms with Crippen molar-refractivity contribution >= 4 is 12.0 Å². The van der Waals surface area contributed by atoms with Crippen molar-refractivity contribution in [1.82, 2.24) is 10.6 Å². The number of nitrogens with one attached hydrogen (secondary N) is 2. The summed E-state index contributed by atoms with van der Waals surface area (Å²) in [6.45, 7) is 0.238. The second-order valence-electron chi connectivity index (χ2n) is 5.37. The molecule has 0 bridgehead atoms. The average molecular weight is 336 g/mol. The number of carbonyl (C=O) groups excluding carboxylic acids is 2. The Balaban J connectivity index is 1.95. The summed E-state index contributed by atoms with van der Waals surface area (Å²) < 4.78 is 5.18. The second-order valence-corrected chi connectivity index (χ2v) is 5.37. The van der Waals surface area contributed by atoms with Crippen LogP contribution in [0.1, 0.15) is 11.1 Å². The van der Waals surface area contributed by atoms with Gasteiger partial charge in [0.05, 0.1) is 6.54 Å². The predicted molar refractivity (Wildman–Crippen MR) is 95.5 cm³/mol. The van der Waals surface area contributed by atoms with E-state index in [1.165, 1.54) is 0 Å². The highest BCUT2D eigenvalue weighted by Crippen LogP contribution is 2.05. The Kier molecular flexibility index (Phi) is 7.08. The molecule has 1 unspecified atom stereocenters. The topological polar surface area (TPSA) is 67.4 Å². The number of benzene rings is 2. The summed E-state index contributed by atoms with van der Waals surface area (Å²) in [5.41, 5.74) is 1.79. The number of carbonyl (C=O) groups is 2. The lowest BCUT2D eigenvalue weighted by molar-refractivity contribution is -0.122. The molecule has 2 rings (SSSR count). The first-order valence-corrected chi connectivity index (χ1v) is 7.91. The van der Waals surface area contributed by atoms with Crippen LogP contribution in [0.25, 0.3) is 0 Å². The molecular formula is C20H20N2O3. The zero-order valence-electron chi connectivity index (χ0n) is 13.8. The van der Waals surface area contributed by atoms with Crippen molar-refractivity contribution in [2.45, 2.75) is 19.1 Å². The molecule has 5 heteroatoms. The van der Waals surface area contributed by atoms with E-state index in [0.29, 0.717) is 6.42 Å². The Bertz CT molecular complexity index is 724. The molecule has 2 amide bonds. The summed E-state index contributed by atoms with van der Waals surface area (Å²) in [4.78, 5) is 24.3. The van der Waals surface area contributed by atoms with Gasteiger partial charge in [0.25, 0.3) is 0 Å². The minimum atomic E-state index is -0.765.